The Kier molecular flexibility index (Phi) is 7.06. The summed E-state index contributed by atoms with van der Waals surface area (Å²) >= 11 is 0. The lowest BCUT2D eigenvalue weighted by Gasteiger charge is -2.31. The van der Waals surface area contributed by atoms with Gasteiger partial charge in [0.1, 0.15) is 0 Å². The zero-order valence-electron chi connectivity index (χ0n) is 16.0. The first kappa shape index (κ1) is 19.8. The predicted molar refractivity (Wildman–Crippen MR) is 101 cm³/mol. The maximum Gasteiger partial charge on any atom is 0.251 e. The summed E-state index contributed by atoms with van der Waals surface area (Å²) in [7, 11) is 3.10. The van der Waals surface area contributed by atoms with Gasteiger partial charge in [0.05, 0.1) is 14.2 Å². The molecular formula is C20H28N2O4. The lowest BCUT2D eigenvalue weighted by atomic mass is 10.0. The molecule has 0 spiro atoms. The number of carbonyl (C=O) groups is 2. The number of nitrogens with one attached hydrogen (secondary N) is 1. The summed E-state index contributed by atoms with van der Waals surface area (Å²) < 4.78 is 10.4. The molecule has 1 aliphatic heterocycles. The van der Waals surface area contributed by atoms with E-state index in [0.717, 1.165) is 12.8 Å². The zero-order valence-corrected chi connectivity index (χ0v) is 16.0. The summed E-state index contributed by atoms with van der Waals surface area (Å²) in [4.78, 5) is 26.4. The van der Waals surface area contributed by atoms with E-state index in [0.29, 0.717) is 36.1 Å². The fraction of sp³-hybridized carbons (Fsp3) is 0.500. The molecule has 1 saturated heterocycles. The van der Waals surface area contributed by atoms with E-state index >= 15 is 0 Å². The number of rotatable bonds is 6. The number of likely N-dealkylation sites (tertiary alicyclic amines) is 1. The number of nitrogens with zero attached hydrogens (tertiary/aromatic N) is 1. The average Bonchev–Trinajstić information content (AvgIpc) is 2.65. The number of allylic oxidation sites excluding steroid dienone is 1. The van der Waals surface area contributed by atoms with Gasteiger partial charge in [0, 0.05) is 24.7 Å². The van der Waals surface area contributed by atoms with Crippen LogP contribution in [-0.4, -0.2) is 50.1 Å². The second-order valence-corrected chi connectivity index (χ2v) is 6.75. The van der Waals surface area contributed by atoms with E-state index in [1.165, 1.54) is 0 Å². The first-order chi connectivity index (χ1) is 12.4. The second kappa shape index (κ2) is 9.27. The number of benzene rings is 1. The molecule has 1 heterocycles. The van der Waals surface area contributed by atoms with Crippen LogP contribution in [0.15, 0.2) is 30.4 Å². The van der Waals surface area contributed by atoms with Crippen molar-refractivity contribution in [3.8, 4) is 11.5 Å². The molecule has 0 saturated carbocycles. The van der Waals surface area contributed by atoms with Gasteiger partial charge in [-0.1, -0.05) is 19.9 Å². The van der Waals surface area contributed by atoms with Crippen molar-refractivity contribution in [2.75, 3.05) is 27.3 Å². The van der Waals surface area contributed by atoms with Crippen LogP contribution in [0.3, 0.4) is 0 Å². The highest BCUT2D eigenvalue weighted by Crippen LogP contribution is 2.27. The highest BCUT2D eigenvalue weighted by atomic mass is 16.5. The third-order valence-corrected chi connectivity index (χ3v) is 4.41. The van der Waals surface area contributed by atoms with Crippen LogP contribution in [0.1, 0.15) is 37.0 Å². The number of hydrogen-bond donors (Lipinski definition) is 1. The minimum atomic E-state index is -0.143. The zero-order chi connectivity index (χ0) is 19.1. The van der Waals surface area contributed by atoms with Crippen LogP contribution in [0.25, 0.3) is 0 Å². The Morgan fingerprint density at radius 2 is 1.81 bits per heavy atom. The molecule has 0 bridgehead atoms. The molecule has 1 N–H and O–H groups in total. The highest BCUT2D eigenvalue weighted by molar-refractivity contribution is 5.95. The third-order valence-electron chi connectivity index (χ3n) is 4.41. The summed E-state index contributed by atoms with van der Waals surface area (Å²) in [6.07, 6.45) is 5.06. The maximum atomic E-state index is 12.5. The van der Waals surface area contributed by atoms with Gasteiger partial charge < -0.3 is 19.7 Å². The minimum absolute atomic E-state index is 0.0448. The fourth-order valence-corrected chi connectivity index (χ4v) is 2.87. The smallest absolute Gasteiger partial charge is 0.251 e. The molecule has 2 rings (SSSR count). The van der Waals surface area contributed by atoms with Gasteiger partial charge in [-0.15, -0.1) is 0 Å². The fourth-order valence-electron chi connectivity index (χ4n) is 2.87. The van der Waals surface area contributed by atoms with Crippen molar-refractivity contribution in [3.05, 3.63) is 35.9 Å². The van der Waals surface area contributed by atoms with Gasteiger partial charge in [0.2, 0.25) is 5.91 Å². The molecular weight excluding hydrogens is 332 g/mol. The number of carbonyl (C=O) groups excluding carboxylic acids is 2. The largest absolute Gasteiger partial charge is 0.493 e. The summed E-state index contributed by atoms with van der Waals surface area (Å²) in [5.41, 5.74) is 0.529. The van der Waals surface area contributed by atoms with E-state index < -0.39 is 0 Å². The molecule has 6 heteroatoms. The lowest BCUT2D eigenvalue weighted by Crippen LogP contribution is -2.46. The predicted octanol–water partition coefficient (Wildman–Crippen LogP) is 2.64. The first-order valence-corrected chi connectivity index (χ1v) is 8.94. The van der Waals surface area contributed by atoms with Crippen LogP contribution in [-0.2, 0) is 4.79 Å². The van der Waals surface area contributed by atoms with Gasteiger partial charge in [0.25, 0.3) is 5.91 Å². The molecule has 0 aliphatic carbocycles. The number of ether oxygens (including phenoxy) is 2. The van der Waals surface area contributed by atoms with E-state index in [1.54, 1.807) is 38.5 Å². The highest BCUT2D eigenvalue weighted by Gasteiger charge is 2.23. The van der Waals surface area contributed by atoms with E-state index in [4.69, 9.17) is 9.47 Å². The van der Waals surface area contributed by atoms with Crippen LogP contribution in [0.5, 0.6) is 11.5 Å². The maximum absolute atomic E-state index is 12.5. The van der Waals surface area contributed by atoms with Crippen LogP contribution < -0.4 is 14.8 Å². The van der Waals surface area contributed by atoms with Gasteiger partial charge in [-0.05, 0) is 43.0 Å². The van der Waals surface area contributed by atoms with Crippen molar-refractivity contribution < 1.29 is 19.1 Å². The van der Waals surface area contributed by atoms with Crippen LogP contribution in [0.4, 0.5) is 0 Å². The SMILES string of the molecule is COc1ccc(C(=O)NC2CCN(C(=O)/C=C/C(C)C)CC2)cc1OC. The van der Waals surface area contributed by atoms with Crippen molar-refractivity contribution in [1.82, 2.24) is 10.2 Å². The number of methoxy groups -OCH3 is 2. The molecule has 6 nitrogen and oxygen atoms in total. The van der Waals surface area contributed by atoms with Gasteiger partial charge >= 0.3 is 0 Å². The monoisotopic (exact) mass is 360 g/mol. The lowest BCUT2D eigenvalue weighted by molar-refractivity contribution is -0.127. The van der Waals surface area contributed by atoms with Crippen molar-refractivity contribution in [1.29, 1.82) is 0 Å². The van der Waals surface area contributed by atoms with E-state index in [1.807, 2.05) is 24.8 Å². The summed E-state index contributed by atoms with van der Waals surface area (Å²) in [5, 5.41) is 3.04. The summed E-state index contributed by atoms with van der Waals surface area (Å²) in [6, 6.07) is 5.17. The van der Waals surface area contributed by atoms with Crippen LogP contribution in [0, 0.1) is 5.92 Å². The molecule has 142 valence electrons. The molecule has 2 amide bonds. The molecule has 0 unspecified atom stereocenters. The Labute approximate surface area is 155 Å². The topological polar surface area (TPSA) is 67.9 Å². The van der Waals surface area contributed by atoms with Crippen molar-refractivity contribution in [2.45, 2.75) is 32.7 Å². The molecule has 1 aliphatic rings. The molecule has 1 aromatic carbocycles. The van der Waals surface area contributed by atoms with Gasteiger partial charge in [-0.3, -0.25) is 9.59 Å². The Bertz CT molecular complexity index is 662. The van der Waals surface area contributed by atoms with Crippen molar-refractivity contribution >= 4 is 11.8 Å². The standard InChI is InChI=1S/C20H28N2O4/c1-14(2)5-8-19(23)22-11-9-16(10-12-22)21-20(24)15-6-7-17(25-3)18(13-15)26-4/h5-8,13-14,16H,9-12H2,1-4H3,(H,21,24)/b8-5+. The molecule has 26 heavy (non-hydrogen) atoms. The quantitative estimate of drug-likeness (QED) is 0.792. The second-order valence-electron chi connectivity index (χ2n) is 6.75. The van der Waals surface area contributed by atoms with Crippen molar-refractivity contribution in [2.24, 2.45) is 5.92 Å². The Hall–Kier alpha value is -2.50. The Morgan fingerprint density at radius 3 is 2.38 bits per heavy atom. The van der Waals surface area contributed by atoms with E-state index in [9.17, 15) is 9.59 Å². The van der Waals surface area contributed by atoms with Crippen molar-refractivity contribution in [3.63, 3.8) is 0 Å². The number of piperidine rings is 1. The van der Waals surface area contributed by atoms with E-state index in [-0.39, 0.29) is 17.9 Å². The molecule has 0 aromatic heterocycles. The van der Waals surface area contributed by atoms with E-state index in [2.05, 4.69) is 5.32 Å². The summed E-state index contributed by atoms with van der Waals surface area (Å²) in [5.74, 6) is 1.37. The Morgan fingerprint density at radius 1 is 1.15 bits per heavy atom. The number of amides is 2. The van der Waals surface area contributed by atoms with Gasteiger partial charge in [-0.25, -0.2) is 0 Å². The third kappa shape index (κ3) is 5.25. The van der Waals surface area contributed by atoms with Gasteiger partial charge in [0.15, 0.2) is 11.5 Å². The number of hydrogen-bond acceptors (Lipinski definition) is 4. The minimum Gasteiger partial charge on any atom is -0.493 e. The Balaban J connectivity index is 1.89. The molecule has 0 radical (unpaired) electrons. The normalized spacial score (nSPS) is 15.3. The summed E-state index contributed by atoms with van der Waals surface area (Å²) in [6.45, 7) is 5.38. The molecule has 1 fully saturated rings. The molecule has 0 atom stereocenters. The molecule has 1 aromatic rings. The first-order valence-electron chi connectivity index (χ1n) is 8.94. The average molecular weight is 360 g/mol. The van der Waals surface area contributed by atoms with Gasteiger partial charge in [-0.2, -0.15) is 0 Å². The van der Waals surface area contributed by atoms with Crippen LogP contribution in [0.2, 0.25) is 0 Å². The van der Waals surface area contributed by atoms with Crippen LogP contribution >= 0.6 is 0 Å².